The third kappa shape index (κ3) is 3.21. The van der Waals surface area contributed by atoms with Crippen LogP contribution in [-0.4, -0.2) is 27.2 Å². The topological polar surface area (TPSA) is 59.8 Å². The molecule has 1 atom stereocenters. The Balaban J connectivity index is 1.59. The minimum Gasteiger partial charge on any atom is -0.354 e. The van der Waals surface area contributed by atoms with Crippen LogP contribution in [0, 0.1) is 20.8 Å². The Bertz CT molecular complexity index is 688. The van der Waals surface area contributed by atoms with Gasteiger partial charge in [-0.2, -0.15) is 5.10 Å². The van der Waals surface area contributed by atoms with Crippen LogP contribution in [0.3, 0.4) is 0 Å². The van der Waals surface area contributed by atoms with Gasteiger partial charge in [-0.05, 0) is 46.1 Å². The summed E-state index contributed by atoms with van der Waals surface area (Å²) in [6.45, 7) is 6.93. The molecule has 1 N–H and O–H groups in total. The van der Waals surface area contributed by atoms with Gasteiger partial charge in [0.25, 0.3) is 0 Å². The molecule has 2 aromatic rings. The summed E-state index contributed by atoms with van der Waals surface area (Å²) in [5.74, 6) is 0.378. The van der Waals surface area contributed by atoms with E-state index >= 15 is 0 Å². The van der Waals surface area contributed by atoms with Gasteiger partial charge in [-0.15, -0.1) is 11.3 Å². The van der Waals surface area contributed by atoms with Crippen LogP contribution in [0.25, 0.3) is 0 Å². The molecule has 2 heterocycles. The van der Waals surface area contributed by atoms with Gasteiger partial charge >= 0.3 is 0 Å². The van der Waals surface area contributed by atoms with E-state index in [4.69, 9.17) is 0 Å². The number of hydrogen-bond acceptors (Lipinski definition) is 4. The second kappa shape index (κ2) is 6.20. The number of nitrogens with one attached hydrogen (secondary N) is 1. The van der Waals surface area contributed by atoms with Gasteiger partial charge in [0, 0.05) is 23.0 Å². The Morgan fingerprint density at radius 1 is 1.45 bits per heavy atom. The van der Waals surface area contributed by atoms with E-state index in [1.807, 2.05) is 19.9 Å². The minimum absolute atomic E-state index is 0.0188. The van der Waals surface area contributed by atoms with Gasteiger partial charge in [0.1, 0.15) is 6.54 Å². The second-order valence-electron chi connectivity index (χ2n) is 6.02. The van der Waals surface area contributed by atoms with E-state index in [1.165, 1.54) is 17.0 Å². The Labute approximate surface area is 134 Å². The average molecular weight is 318 g/mol. The van der Waals surface area contributed by atoms with Gasteiger partial charge < -0.3 is 5.32 Å². The average Bonchev–Trinajstić information content (AvgIpc) is 2.98. The van der Waals surface area contributed by atoms with Crippen LogP contribution < -0.4 is 5.32 Å². The third-order valence-corrected chi connectivity index (χ3v) is 5.17. The normalized spacial score (nSPS) is 17.3. The van der Waals surface area contributed by atoms with Crippen molar-refractivity contribution in [2.45, 2.75) is 52.5 Å². The maximum atomic E-state index is 12.1. The zero-order valence-electron chi connectivity index (χ0n) is 13.3. The maximum Gasteiger partial charge on any atom is 0.241 e. The van der Waals surface area contributed by atoms with Crippen LogP contribution in [0.2, 0.25) is 0 Å². The molecular formula is C16H22N4OS. The van der Waals surface area contributed by atoms with Crippen LogP contribution in [0.4, 0.5) is 0 Å². The summed E-state index contributed by atoms with van der Waals surface area (Å²) in [4.78, 5) is 18.2. The fourth-order valence-corrected chi connectivity index (χ4v) is 4.16. The van der Waals surface area contributed by atoms with Crippen LogP contribution in [0.5, 0.6) is 0 Å². The molecule has 0 fully saturated rings. The Morgan fingerprint density at radius 3 is 3.00 bits per heavy atom. The highest BCUT2D eigenvalue weighted by Gasteiger charge is 2.24. The molecular weight excluding hydrogens is 296 g/mol. The largest absolute Gasteiger partial charge is 0.354 e. The highest BCUT2D eigenvalue weighted by Crippen LogP contribution is 2.34. The van der Waals surface area contributed by atoms with E-state index in [-0.39, 0.29) is 12.5 Å². The third-order valence-electron chi connectivity index (χ3n) is 4.12. The lowest BCUT2D eigenvalue weighted by Crippen LogP contribution is -2.33. The smallest absolute Gasteiger partial charge is 0.241 e. The molecule has 0 saturated carbocycles. The maximum absolute atomic E-state index is 12.1. The number of fused-ring (bicyclic) bond motifs is 1. The molecule has 2 aromatic heterocycles. The molecule has 3 rings (SSSR count). The summed E-state index contributed by atoms with van der Waals surface area (Å²) >= 11 is 1.80. The molecule has 0 aliphatic heterocycles. The zero-order chi connectivity index (χ0) is 15.7. The van der Waals surface area contributed by atoms with Gasteiger partial charge in [0.15, 0.2) is 0 Å². The van der Waals surface area contributed by atoms with Gasteiger partial charge in [-0.1, -0.05) is 0 Å². The fraction of sp³-hybridized carbons (Fsp3) is 0.562. The highest BCUT2D eigenvalue weighted by atomic mass is 32.1. The number of hydrogen-bond donors (Lipinski definition) is 1. The lowest BCUT2D eigenvalue weighted by Gasteiger charge is -2.21. The van der Waals surface area contributed by atoms with Gasteiger partial charge in [0.2, 0.25) is 5.91 Å². The standard InChI is InChI=1S/C16H22N4OS/c1-10-7-11(2)20(19-10)9-15(21)17-8-13-5-4-6-14-16(13)18-12(3)22-14/h7,13H,4-6,8-9H2,1-3H3,(H,17,21)/t13-/m0/s1. The van der Waals surface area contributed by atoms with E-state index in [2.05, 4.69) is 22.3 Å². The number of nitrogens with zero attached hydrogens (tertiary/aromatic N) is 3. The Morgan fingerprint density at radius 2 is 2.27 bits per heavy atom. The zero-order valence-corrected chi connectivity index (χ0v) is 14.2. The molecule has 6 heteroatoms. The van der Waals surface area contributed by atoms with Gasteiger partial charge in [-0.25, -0.2) is 4.98 Å². The predicted molar refractivity (Wildman–Crippen MR) is 87.2 cm³/mol. The van der Waals surface area contributed by atoms with Crippen LogP contribution >= 0.6 is 11.3 Å². The molecule has 0 aromatic carbocycles. The van der Waals surface area contributed by atoms with Crippen molar-refractivity contribution in [2.24, 2.45) is 0 Å². The van der Waals surface area contributed by atoms with Crippen molar-refractivity contribution >= 4 is 17.2 Å². The number of carbonyl (C=O) groups excluding carboxylic acids is 1. The van der Waals surface area contributed by atoms with E-state index in [1.54, 1.807) is 16.0 Å². The van der Waals surface area contributed by atoms with Crippen molar-refractivity contribution in [3.8, 4) is 0 Å². The van der Waals surface area contributed by atoms with Crippen molar-refractivity contribution in [3.63, 3.8) is 0 Å². The lowest BCUT2D eigenvalue weighted by atomic mass is 9.91. The number of rotatable bonds is 4. The summed E-state index contributed by atoms with van der Waals surface area (Å²) in [6, 6.07) is 1.98. The molecule has 1 aliphatic rings. The summed E-state index contributed by atoms with van der Waals surface area (Å²) in [6.07, 6.45) is 3.43. The highest BCUT2D eigenvalue weighted by molar-refractivity contribution is 7.11. The number of aryl methyl sites for hydroxylation is 4. The fourth-order valence-electron chi connectivity index (χ4n) is 3.09. The Hall–Kier alpha value is -1.69. The first-order chi connectivity index (χ1) is 10.5. The Kier molecular flexibility index (Phi) is 4.29. The van der Waals surface area contributed by atoms with E-state index in [0.29, 0.717) is 12.5 Å². The minimum atomic E-state index is 0.0188. The molecule has 0 unspecified atom stereocenters. The molecule has 1 amide bonds. The van der Waals surface area contributed by atoms with E-state index in [0.717, 1.165) is 29.2 Å². The quantitative estimate of drug-likeness (QED) is 0.942. The van der Waals surface area contributed by atoms with Crippen LogP contribution in [0.15, 0.2) is 6.07 Å². The molecule has 118 valence electrons. The van der Waals surface area contributed by atoms with Gasteiger partial charge in [0.05, 0.1) is 16.4 Å². The summed E-state index contributed by atoms with van der Waals surface area (Å²) in [5, 5.41) is 8.51. The number of aromatic nitrogens is 3. The van der Waals surface area contributed by atoms with Gasteiger partial charge in [-0.3, -0.25) is 9.48 Å². The molecule has 0 radical (unpaired) electrons. The molecule has 1 aliphatic carbocycles. The summed E-state index contributed by atoms with van der Waals surface area (Å²) in [5.41, 5.74) is 3.17. The SMILES string of the molecule is Cc1cc(C)n(CC(=O)NC[C@@H]2CCCc3sc(C)nc32)n1. The van der Waals surface area contributed by atoms with Crippen molar-refractivity contribution < 1.29 is 4.79 Å². The molecule has 0 bridgehead atoms. The van der Waals surface area contributed by atoms with Crippen LogP contribution in [0.1, 0.15) is 45.7 Å². The first-order valence-corrected chi connectivity index (χ1v) is 8.58. The number of amides is 1. The lowest BCUT2D eigenvalue weighted by molar-refractivity contribution is -0.121. The number of thiazole rings is 1. The first kappa shape index (κ1) is 15.2. The number of carbonyl (C=O) groups is 1. The molecule has 0 spiro atoms. The molecule has 5 nitrogen and oxygen atoms in total. The first-order valence-electron chi connectivity index (χ1n) is 7.77. The summed E-state index contributed by atoms with van der Waals surface area (Å²) in [7, 11) is 0. The molecule has 0 saturated heterocycles. The van der Waals surface area contributed by atoms with Crippen molar-refractivity contribution in [2.75, 3.05) is 6.54 Å². The summed E-state index contributed by atoms with van der Waals surface area (Å²) < 4.78 is 1.75. The van der Waals surface area contributed by atoms with E-state index in [9.17, 15) is 4.79 Å². The predicted octanol–water partition coefficient (Wildman–Crippen LogP) is 2.50. The van der Waals surface area contributed by atoms with Crippen molar-refractivity contribution in [1.29, 1.82) is 0 Å². The monoisotopic (exact) mass is 318 g/mol. The second-order valence-corrected chi connectivity index (χ2v) is 7.31. The molecule has 22 heavy (non-hydrogen) atoms. The van der Waals surface area contributed by atoms with Crippen molar-refractivity contribution in [3.05, 3.63) is 33.0 Å². The van der Waals surface area contributed by atoms with E-state index < -0.39 is 0 Å². The van der Waals surface area contributed by atoms with Crippen LogP contribution in [-0.2, 0) is 17.8 Å². The van der Waals surface area contributed by atoms with Crippen molar-refractivity contribution in [1.82, 2.24) is 20.1 Å².